The molecule has 0 radical (unpaired) electrons. The highest BCUT2D eigenvalue weighted by Gasteiger charge is 2.40. The molecule has 2 N–H and O–H groups in total. The number of nitrogens with one attached hydrogen (secondary N) is 2. The molecule has 176 valence electrons. The Morgan fingerprint density at radius 2 is 1.82 bits per heavy atom. The van der Waals surface area contributed by atoms with E-state index in [1.54, 1.807) is 19.1 Å². The Morgan fingerprint density at radius 3 is 2.59 bits per heavy atom. The van der Waals surface area contributed by atoms with Crippen molar-refractivity contribution in [2.75, 3.05) is 27.3 Å². The molecule has 1 fully saturated rings. The quantitative estimate of drug-likeness (QED) is 0.547. The third kappa shape index (κ3) is 3.83. The van der Waals surface area contributed by atoms with Crippen molar-refractivity contribution in [1.29, 1.82) is 0 Å². The smallest absolute Gasteiger partial charge is 0.325 e. The molecule has 9 heteroatoms. The summed E-state index contributed by atoms with van der Waals surface area (Å²) in [5, 5.41) is 3.74. The zero-order valence-corrected chi connectivity index (χ0v) is 19.1. The maximum absolute atomic E-state index is 13.0. The number of rotatable bonds is 6. The monoisotopic (exact) mass is 462 g/mol. The number of aromatic nitrogens is 1. The summed E-state index contributed by atoms with van der Waals surface area (Å²) in [6.45, 7) is 0.609. The van der Waals surface area contributed by atoms with Crippen LogP contribution in [-0.4, -0.2) is 66.0 Å². The average molecular weight is 463 g/mol. The fourth-order valence-corrected chi connectivity index (χ4v) is 4.72. The molecule has 0 saturated carbocycles. The number of hydrogen-bond acceptors (Lipinski definition) is 5. The number of H-pyrrole nitrogens is 1. The van der Waals surface area contributed by atoms with E-state index in [9.17, 15) is 14.4 Å². The van der Waals surface area contributed by atoms with E-state index in [1.165, 1.54) is 0 Å². The van der Waals surface area contributed by atoms with Gasteiger partial charge in [-0.3, -0.25) is 14.5 Å². The van der Waals surface area contributed by atoms with Gasteiger partial charge >= 0.3 is 6.03 Å². The Kier molecular flexibility index (Phi) is 5.61. The molecular formula is C25H26N4O5. The molecule has 3 heterocycles. The van der Waals surface area contributed by atoms with Crippen molar-refractivity contribution in [3.05, 3.63) is 59.3 Å². The maximum atomic E-state index is 13.0. The first-order chi connectivity index (χ1) is 16.5. The lowest BCUT2D eigenvalue weighted by atomic mass is 9.98. The van der Waals surface area contributed by atoms with Crippen LogP contribution in [-0.2, 0) is 29.0 Å². The van der Waals surface area contributed by atoms with Gasteiger partial charge in [0.25, 0.3) is 5.91 Å². The molecule has 4 amide bonds. The molecule has 3 aromatic rings. The third-order valence-corrected chi connectivity index (χ3v) is 6.57. The van der Waals surface area contributed by atoms with Gasteiger partial charge in [0.05, 0.1) is 14.2 Å². The van der Waals surface area contributed by atoms with E-state index < -0.39 is 12.1 Å². The molecule has 1 aromatic heterocycles. The number of aromatic amines is 1. The SMILES string of the molecule is COc1cc2c(cc1OC)CN(C(=O)CN1C(=O)NC(Cc3c[nH]c4ccccc34)C1=O)CC2. The number of urea groups is 1. The summed E-state index contributed by atoms with van der Waals surface area (Å²) in [6, 6.07) is 10.4. The van der Waals surface area contributed by atoms with E-state index >= 15 is 0 Å². The van der Waals surface area contributed by atoms with Crippen molar-refractivity contribution in [3.63, 3.8) is 0 Å². The number of ether oxygens (including phenoxy) is 2. The number of para-hydroxylation sites is 1. The van der Waals surface area contributed by atoms with Crippen LogP contribution in [0.5, 0.6) is 11.5 Å². The van der Waals surface area contributed by atoms with Crippen LogP contribution >= 0.6 is 0 Å². The van der Waals surface area contributed by atoms with Crippen LogP contribution in [0.15, 0.2) is 42.6 Å². The number of carbonyl (C=O) groups is 3. The number of amides is 4. The van der Waals surface area contributed by atoms with Gasteiger partial charge in [-0.05, 0) is 41.3 Å². The van der Waals surface area contributed by atoms with Crippen LogP contribution in [0.25, 0.3) is 10.9 Å². The summed E-state index contributed by atoms with van der Waals surface area (Å²) in [5.41, 5.74) is 3.97. The van der Waals surface area contributed by atoms with Crippen molar-refractivity contribution < 1.29 is 23.9 Å². The average Bonchev–Trinajstić information content (AvgIpc) is 3.38. The summed E-state index contributed by atoms with van der Waals surface area (Å²) in [6.07, 6.45) is 2.87. The molecule has 1 atom stereocenters. The predicted molar refractivity (Wildman–Crippen MR) is 125 cm³/mol. The number of imide groups is 1. The maximum Gasteiger partial charge on any atom is 0.325 e. The molecule has 1 unspecified atom stereocenters. The highest BCUT2D eigenvalue weighted by Crippen LogP contribution is 2.33. The molecule has 1 saturated heterocycles. The normalized spacial score (nSPS) is 17.6. The van der Waals surface area contributed by atoms with E-state index in [-0.39, 0.29) is 18.4 Å². The van der Waals surface area contributed by atoms with E-state index in [1.807, 2.05) is 42.6 Å². The van der Waals surface area contributed by atoms with Crippen molar-refractivity contribution in [2.45, 2.75) is 25.4 Å². The lowest BCUT2D eigenvalue weighted by Crippen LogP contribution is -2.45. The first kappa shape index (κ1) is 21.8. The van der Waals surface area contributed by atoms with Crippen molar-refractivity contribution >= 4 is 28.7 Å². The van der Waals surface area contributed by atoms with Gasteiger partial charge in [0.1, 0.15) is 12.6 Å². The molecule has 9 nitrogen and oxygen atoms in total. The Bertz CT molecular complexity index is 1280. The molecule has 5 rings (SSSR count). The molecule has 2 aromatic carbocycles. The van der Waals surface area contributed by atoms with Crippen LogP contribution in [0.4, 0.5) is 4.79 Å². The number of methoxy groups -OCH3 is 2. The zero-order chi connectivity index (χ0) is 23.8. The Balaban J connectivity index is 1.26. The molecule has 0 bridgehead atoms. The standard InChI is InChI=1S/C25H26N4O5/c1-33-21-10-15-7-8-28(13-17(15)11-22(21)34-2)23(30)14-29-24(31)20(27-25(29)32)9-16-12-26-19-6-4-3-5-18(16)19/h3-6,10-12,20,26H,7-9,13-14H2,1-2H3,(H,27,32). The predicted octanol–water partition coefficient (Wildman–Crippen LogP) is 2.23. The van der Waals surface area contributed by atoms with E-state index in [0.717, 1.165) is 32.5 Å². The van der Waals surface area contributed by atoms with Gasteiger partial charge in [0, 0.05) is 36.6 Å². The van der Waals surface area contributed by atoms with Crippen molar-refractivity contribution in [1.82, 2.24) is 20.1 Å². The van der Waals surface area contributed by atoms with E-state index in [0.29, 0.717) is 37.4 Å². The minimum absolute atomic E-state index is 0.267. The minimum Gasteiger partial charge on any atom is -0.493 e. The third-order valence-electron chi connectivity index (χ3n) is 6.57. The number of carbonyl (C=O) groups excluding carboxylic acids is 3. The Morgan fingerprint density at radius 1 is 1.09 bits per heavy atom. The van der Waals surface area contributed by atoms with Gasteiger partial charge < -0.3 is 24.7 Å². The van der Waals surface area contributed by atoms with E-state index in [2.05, 4.69) is 10.3 Å². The molecule has 0 spiro atoms. The zero-order valence-electron chi connectivity index (χ0n) is 19.1. The highest BCUT2D eigenvalue weighted by molar-refractivity contribution is 6.06. The first-order valence-corrected chi connectivity index (χ1v) is 11.2. The first-order valence-electron chi connectivity index (χ1n) is 11.2. The topological polar surface area (TPSA) is 104 Å². The lowest BCUT2D eigenvalue weighted by molar-refractivity contribution is -0.138. The highest BCUT2D eigenvalue weighted by atomic mass is 16.5. The lowest BCUT2D eigenvalue weighted by Gasteiger charge is -2.30. The van der Waals surface area contributed by atoms with Gasteiger partial charge in [-0.15, -0.1) is 0 Å². The summed E-state index contributed by atoms with van der Waals surface area (Å²) < 4.78 is 10.7. The largest absolute Gasteiger partial charge is 0.493 e. The van der Waals surface area contributed by atoms with Crippen molar-refractivity contribution in [2.24, 2.45) is 0 Å². The molecule has 2 aliphatic heterocycles. The summed E-state index contributed by atoms with van der Waals surface area (Å²) >= 11 is 0. The fraction of sp³-hybridized carbons (Fsp3) is 0.320. The van der Waals surface area contributed by atoms with Crippen LogP contribution in [0.1, 0.15) is 16.7 Å². The number of fused-ring (bicyclic) bond motifs is 2. The minimum atomic E-state index is -0.696. The van der Waals surface area contributed by atoms with E-state index in [4.69, 9.17) is 9.47 Å². The Labute approximate surface area is 196 Å². The molecule has 0 aliphatic carbocycles. The van der Waals surface area contributed by atoms with Crippen LogP contribution < -0.4 is 14.8 Å². The Hall–Kier alpha value is -4.01. The van der Waals surface area contributed by atoms with Gasteiger partial charge in [0.15, 0.2) is 11.5 Å². The molecule has 34 heavy (non-hydrogen) atoms. The second-order valence-electron chi connectivity index (χ2n) is 8.53. The number of benzene rings is 2. The van der Waals surface area contributed by atoms with Crippen molar-refractivity contribution in [3.8, 4) is 11.5 Å². The second kappa shape index (κ2) is 8.74. The van der Waals surface area contributed by atoms with Gasteiger partial charge in [-0.1, -0.05) is 18.2 Å². The van der Waals surface area contributed by atoms with Crippen LogP contribution in [0.3, 0.4) is 0 Å². The van der Waals surface area contributed by atoms with Crippen LogP contribution in [0.2, 0.25) is 0 Å². The summed E-state index contributed by atoms with van der Waals surface area (Å²) in [5.74, 6) is 0.607. The fourth-order valence-electron chi connectivity index (χ4n) is 4.72. The number of nitrogens with zero attached hydrogens (tertiary/aromatic N) is 2. The summed E-state index contributed by atoms with van der Waals surface area (Å²) in [4.78, 5) is 44.4. The van der Waals surface area contributed by atoms with Crippen LogP contribution in [0, 0.1) is 0 Å². The number of hydrogen-bond donors (Lipinski definition) is 2. The molecule has 2 aliphatic rings. The summed E-state index contributed by atoms with van der Waals surface area (Å²) in [7, 11) is 3.16. The van der Waals surface area contributed by atoms with Gasteiger partial charge in [0.2, 0.25) is 5.91 Å². The van der Waals surface area contributed by atoms with Gasteiger partial charge in [-0.2, -0.15) is 0 Å². The molecular weight excluding hydrogens is 436 g/mol. The second-order valence-corrected chi connectivity index (χ2v) is 8.53. The van der Waals surface area contributed by atoms with Gasteiger partial charge in [-0.25, -0.2) is 4.79 Å².